The number of nitrogens with one attached hydrogen (secondary N) is 1. The first kappa shape index (κ1) is 31.0. The van der Waals surface area contributed by atoms with E-state index < -0.39 is 0 Å². The lowest BCUT2D eigenvalue weighted by atomic mass is 9.87. The SMILES string of the molecule is CC(C)(C)c1ccc(N=C2NC(=O)c3cc(-c4ccc5c(c4)C(=O)N(c4ccccc4)C5=Nc4ccc(C(C)(C)C)cc4)ccc32)cc1. The van der Waals surface area contributed by atoms with Crippen molar-refractivity contribution in [3.63, 3.8) is 0 Å². The van der Waals surface area contributed by atoms with Gasteiger partial charge in [0, 0.05) is 11.1 Å². The van der Waals surface area contributed by atoms with Gasteiger partial charge >= 0.3 is 0 Å². The van der Waals surface area contributed by atoms with Crippen molar-refractivity contribution in [3.05, 3.63) is 149 Å². The lowest BCUT2D eigenvalue weighted by Gasteiger charge is -2.19. The van der Waals surface area contributed by atoms with Crippen LogP contribution in [0.3, 0.4) is 0 Å². The van der Waals surface area contributed by atoms with Crippen LogP contribution in [0.25, 0.3) is 11.1 Å². The van der Waals surface area contributed by atoms with E-state index in [0.29, 0.717) is 22.8 Å². The average molecular weight is 631 g/mol. The first-order valence-electron chi connectivity index (χ1n) is 16.3. The molecule has 0 atom stereocenters. The molecule has 0 fully saturated rings. The number of carbonyl (C=O) groups excluding carboxylic acids is 2. The summed E-state index contributed by atoms with van der Waals surface area (Å²) in [5, 5.41) is 2.94. The summed E-state index contributed by atoms with van der Waals surface area (Å²) in [6.45, 7) is 13.1. The number of carbonyl (C=O) groups is 2. The Morgan fingerprint density at radius 2 is 1.06 bits per heavy atom. The van der Waals surface area contributed by atoms with E-state index in [1.807, 2.05) is 91.0 Å². The highest BCUT2D eigenvalue weighted by Crippen LogP contribution is 2.35. The maximum absolute atomic E-state index is 14.1. The van der Waals surface area contributed by atoms with Crippen molar-refractivity contribution in [1.29, 1.82) is 0 Å². The minimum Gasteiger partial charge on any atom is -0.306 e. The maximum atomic E-state index is 14.1. The largest absolute Gasteiger partial charge is 0.306 e. The molecule has 0 spiro atoms. The van der Waals surface area contributed by atoms with Crippen LogP contribution in [0.15, 0.2) is 125 Å². The molecule has 0 saturated heterocycles. The van der Waals surface area contributed by atoms with Gasteiger partial charge in [-0.2, -0.15) is 0 Å². The molecule has 0 unspecified atom stereocenters. The summed E-state index contributed by atoms with van der Waals surface area (Å²) < 4.78 is 0. The highest BCUT2D eigenvalue weighted by molar-refractivity contribution is 6.36. The molecule has 7 rings (SSSR count). The maximum Gasteiger partial charge on any atom is 0.264 e. The third-order valence-electron chi connectivity index (χ3n) is 8.95. The molecule has 6 heteroatoms. The number of nitrogens with zero attached hydrogens (tertiary/aromatic N) is 3. The molecule has 0 saturated carbocycles. The molecule has 5 aromatic carbocycles. The van der Waals surface area contributed by atoms with Crippen molar-refractivity contribution in [3.8, 4) is 11.1 Å². The van der Waals surface area contributed by atoms with Crippen LogP contribution in [0.2, 0.25) is 0 Å². The Morgan fingerprint density at radius 1 is 0.542 bits per heavy atom. The number of fused-ring (bicyclic) bond motifs is 2. The molecule has 2 aliphatic rings. The van der Waals surface area contributed by atoms with E-state index in [-0.39, 0.29) is 22.6 Å². The van der Waals surface area contributed by atoms with E-state index in [4.69, 9.17) is 9.98 Å². The van der Waals surface area contributed by atoms with E-state index in [1.54, 1.807) is 4.90 Å². The monoisotopic (exact) mass is 630 g/mol. The molecule has 0 aliphatic carbocycles. The van der Waals surface area contributed by atoms with Crippen molar-refractivity contribution >= 4 is 40.5 Å². The van der Waals surface area contributed by atoms with Gasteiger partial charge in [-0.25, -0.2) is 9.98 Å². The van der Waals surface area contributed by atoms with Crippen LogP contribution < -0.4 is 10.2 Å². The quantitative estimate of drug-likeness (QED) is 0.215. The minimum absolute atomic E-state index is 0.0268. The molecular weight excluding hydrogens is 592 g/mol. The van der Waals surface area contributed by atoms with Gasteiger partial charge in [-0.05, 0) is 93.7 Å². The van der Waals surface area contributed by atoms with Gasteiger partial charge in [-0.3, -0.25) is 14.5 Å². The summed E-state index contributed by atoms with van der Waals surface area (Å²) >= 11 is 0. The van der Waals surface area contributed by atoms with Crippen LogP contribution in [0, 0.1) is 0 Å². The Bertz CT molecular complexity index is 2130. The molecule has 0 aromatic heterocycles. The van der Waals surface area contributed by atoms with Crippen LogP contribution in [-0.2, 0) is 10.8 Å². The standard InChI is InChI=1S/C42H38N4O2/c1-41(2,3)28-14-18-30(19-15-28)43-37-33-22-12-26(24-35(33)39(47)45-37)27-13-23-34-36(25-27)40(48)46(32-10-8-7-9-11-32)38(34)44-31-20-16-29(17-21-31)42(4,5)6/h7-25H,1-6H3,(H,43,45,47). The van der Waals surface area contributed by atoms with Gasteiger partial charge in [0.25, 0.3) is 11.8 Å². The number of aliphatic imine (C=N–C) groups is 2. The summed E-state index contributed by atoms with van der Waals surface area (Å²) in [5.74, 6) is 0.773. The zero-order chi connectivity index (χ0) is 33.8. The first-order valence-corrected chi connectivity index (χ1v) is 16.3. The number of para-hydroxylation sites is 1. The summed E-state index contributed by atoms with van der Waals surface area (Å²) in [4.78, 5) is 38.6. The number of anilines is 1. The molecule has 0 radical (unpaired) electrons. The fraction of sp³-hybridized carbons (Fsp3) is 0.190. The lowest BCUT2D eigenvalue weighted by Crippen LogP contribution is -2.29. The molecule has 0 bridgehead atoms. The normalized spacial score (nSPS) is 16.0. The predicted molar refractivity (Wildman–Crippen MR) is 195 cm³/mol. The molecule has 238 valence electrons. The zero-order valence-corrected chi connectivity index (χ0v) is 28.1. The van der Waals surface area contributed by atoms with Crippen LogP contribution in [0.4, 0.5) is 17.1 Å². The molecule has 5 aromatic rings. The number of benzene rings is 5. The molecule has 2 amide bonds. The predicted octanol–water partition coefficient (Wildman–Crippen LogP) is 9.51. The second-order valence-corrected chi connectivity index (χ2v) is 14.4. The smallest absolute Gasteiger partial charge is 0.264 e. The van der Waals surface area contributed by atoms with Crippen molar-refractivity contribution in [2.24, 2.45) is 9.98 Å². The number of hydrogen-bond acceptors (Lipinski definition) is 4. The summed E-state index contributed by atoms with van der Waals surface area (Å²) in [7, 11) is 0. The summed E-state index contributed by atoms with van der Waals surface area (Å²) in [5.41, 5.74) is 9.12. The van der Waals surface area contributed by atoms with Gasteiger partial charge in [-0.1, -0.05) is 96.1 Å². The lowest BCUT2D eigenvalue weighted by molar-refractivity contribution is 0.0980. The molecule has 6 nitrogen and oxygen atoms in total. The first-order chi connectivity index (χ1) is 22.9. The second kappa shape index (κ2) is 11.6. The Labute approximate surface area is 281 Å². The molecular formula is C42H38N4O2. The molecule has 1 N–H and O–H groups in total. The fourth-order valence-electron chi connectivity index (χ4n) is 6.13. The van der Waals surface area contributed by atoms with Gasteiger partial charge < -0.3 is 5.32 Å². The van der Waals surface area contributed by atoms with Crippen molar-refractivity contribution in [1.82, 2.24) is 5.32 Å². The molecule has 2 heterocycles. The topological polar surface area (TPSA) is 74.1 Å². The van der Waals surface area contributed by atoms with Crippen LogP contribution >= 0.6 is 0 Å². The van der Waals surface area contributed by atoms with Crippen LogP contribution in [0.1, 0.15) is 84.5 Å². The highest BCUT2D eigenvalue weighted by atomic mass is 16.2. The number of amidine groups is 2. The van der Waals surface area contributed by atoms with Crippen LogP contribution in [0.5, 0.6) is 0 Å². The summed E-state index contributed by atoms with van der Waals surface area (Å²) in [6.07, 6.45) is 0. The Hall–Kier alpha value is -5.62. The van der Waals surface area contributed by atoms with Gasteiger partial charge in [0.05, 0.1) is 28.2 Å². The zero-order valence-electron chi connectivity index (χ0n) is 28.1. The Morgan fingerprint density at radius 3 is 1.62 bits per heavy atom. The van der Waals surface area contributed by atoms with Crippen LogP contribution in [-0.4, -0.2) is 23.5 Å². The Balaban J connectivity index is 1.24. The van der Waals surface area contributed by atoms with E-state index >= 15 is 0 Å². The molecule has 2 aliphatic heterocycles. The number of amides is 2. The average Bonchev–Trinajstić information content (AvgIpc) is 3.52. The van der Waals surface area contributed by atoms with Gasteiger partial charge in [0.15, 0.2) is 0 Å². The summed E-state index contributed by atoms with van der Waals surface area (Å²) in [6, 6.07) is 37.5. The highest BCUT2D eigenvalue weighted by Gasteiger charge is 2.35. The Kier molecular flexibility index (Phi) is 7.47. The second-order valence-electron chi connectivity index (χ2n) is 14.4. The van der Waals surface area contributed by atoms with Crippen molar-refractivity contribution < 1.29 is 9.59 Å². The van der Waals surface area contributed by atoms with E-state index in [0.717, 1.165) is 39.3 Å². The van der Waals surface area contributed by atoms with E-state index in [9.17, 15) is 9.59 Å². The van der Waals surface area contributed by atoms with E-state index in [1.165, 1.54) is 11.1 Å². The minimum atomic E-state index is -0.198. The third-order valence-corrected chi connectivity index (χ3v) is 8.95. The van der Waals surface area contributed by atoms with Gasteiger partial charge in [0.1, 0.15) is 11.7 Å². The fourth-order valence-corrected chi connectivity index (χ4v) is 6.13. The molecule has 48 heavy (non-hydrogen) atoms. The number of hydrogen-bond donors (Lipinski definition) is 1. The van der Waals surface area contributed by atoms with E-state index in [2.05, 4.69) is 71.1 Å². The third kappa shape index (κ3) is 5.75. The van der Waals surface area contributed by atoms with Gasteiger partial charge in [-0.15, -0.1) is 0 Å². The number of rotatable bonds is 4. The van der Waals surface area contributed by atoms with Crippen molar-refractivity contribution in [2.75, 3.05) is 4.90 Å². The van der Waals surface area contributed by atoms with Crippen molar-refractivity contribution in [2.45, 2.75) is 52.4 Å². The van der Waals surface area contributed by atoms with Gasteiger partial charge in [0.2, 0.25) is 0 Å².